The number of hydrogen-bond donors (Lipinski definition) is 2. The highest BCUT2D eigenvalue weighted by molar-refractivity contribution is 5.84. The molecule has 0 saturated carbocycles. The predicted molar refractivity (Wildman–Crippen MR) is 112 cm³/mol. The maximum atomic E-state index is 13.0. The fourth-order valence-corrected chi connectivity index (χ4v) is 4.23. The number of benzene rings is 1. The first-order valence-corrected chi connectivity index (χ1v) is 10.5. The van der Waals surface area contributed by atoms with Crippen molar-refractivity contribution in [3.63, 3.8) is 0 Å². The van der Waals surface area contributed by atoms with Gasteiger partial charge in [-0.3, -0.25) is 14.4 Å². The van der Waals surface area contributed by atoms with Crippen LogP contribution in [0.2, 0.25) is 0 Å². The molecule has 3 heterocycles. The summed E-state index contributed by atoms with van der Waals surface area (Å²) in [5, 5.41) is 14.5. The van der Waals surface area contributed by atoms with Crippen LogP contribution < -0.4 is 5.32 Å². The molecule has 1 amide bonds. The molecule has 0 aliphatic carbocycles. The van der Waals surface area contributed by atoms with Crippen molar-refractivity contribution >= 4 is 11.9 Å². The standard InChI is InChI=1S/C20H26N4O2.C2HF3O2/c1-23-10-17(9-22-23)11-24-12-18-13-26-15-20(18,14-24)19(25)21-8-7-16-5-3-2-4-6-16;3-2(4,5)1(6)7/h2-6,9-10,18H,7-8,11-15H2,1H3,(H,21,25);(H,6,7)/t18-,20-;/m1./s1. The topological polar surface area (TPSA) is 96.7 Å². The minimum absolute atomic E-state index is 0.143. The van der Waals surface area contributed by atoms with Gasteiger partial charge >= 0.3 is 12.1 Å². The van der Waals surface area contributed by atoms with E-state index in [9.17, 15) is 18.0 Å². The first kappa shape index (κ1) is 24.7. The van der Waals surface area contributed by atoms with Crippen LogP contribution in [0.3, 0.4) is 0 Å². The average molecular weight is 468 g/mol. The monoisotopic (exact) mass is 468 g/mol. The number of likely N-dealkylation sites (tertiary alicyclic amines) is 1. The highest BCUT2D eigenvalue weighted by Gasteiger charge is 2.55. The van der Waals surface area contributed by atoms with E-state index in [1.807, 2.05) is 42.3 Å². The molecule has 2 N–H and O–H groups in total. The summed E-state index contributed by atoms with van der Waals surface area (Å²) in [5.41, 5.74) is 2.03. The number of aliphatic carboxylic acids is 1. The van der Waals surface area contributed by atoms with E-state index in [1.54, 1.807) is 0 Å². The summed E-state index contributed by atoms with van der Waals surface area (Å²) < 4.78 is 39.3. The number of nitrogens with one attached hydrogen (secondary N) is 1. The lowest BCUT2D eigenvalue weighted by Gasteiger charge is -2.26. The number of fused-ring (bicyclic) bond motifs is 1. The van der Waals surface area contributed by atoms with Gasteiger partial charge in [-0.25, -0.2) is 4.79 Å². The Balaban J connectivity index is 0.000000383. The number of hydrogen-bond acceptors (Lipinski definition) is 5. The Morgan fingerprint density at radius 1 is 1.27 bits per heavy atom. The van der Waals surface area contributed by atoms with Crippen molar-refractivity contribution in [1.29, 1.82) is 0 Å². The van der Waals surface area contributed by atoms with Crippen LogP contribution in [-0.4, -0.2) is 70.7 Å². The number of halogens is 3. The maximum absolute atomic E-state index is 13.0. The van der Waals surface area contributed by atoms with Crippen LogP contribution in [0.1, 0.15) is 11.1 Å². The summed E-state index contributed by atoms with van der Waals surface area (Å²) in [5.74, 6) is -2.34. The minimum atomic E-state index is -5.08. The third-order valence-corrected chi connectivity index (χ3v) is 5.85. The molecule has 2 fully saturated rings. The van der Waals surface area contributed by atoms with Gasteiger partial charge in [0.05, 0.1) is 24.8 Å². The number of carboxylic acid groups (broad SMARTS) is 1. The van der Waals surface area contributed by atoms with E-state index in [0.717, 1.165) is 26.1 Å². The minimum Gasteiger partial charge on any atom is -0.475 e. The van der Waals surface area contributed by atoms with Gasteiger partial charge in [0.2, 0.25) is 5.91 Å². The molecule has 0 bridgehead atoms. The van der Waals surface area contributed by atoms with Crippen molar-refractivity contribution in [2.24, 2.45) is 18.4 Å². The molecule has 1 aromatic heterocycles. The van der Waals surface area contributed by atoms with Gasteiger partial charge in [0, 0.05) is 50.9 Å². The lowest BCUT2D eigenvalue weighted by Crippen LogP contribution is -2.47. The number of carbonyl (C=O) groups excluding carboxylic acids is 1. The number of alkyl halides is 3. The molecule has 2 atom stereocenters. The Morgan fingerprint density at radius 3 is 2.58 bits per heavy atom. The highest BCUT2D eigenvalue weighted by Crippen LogP contribution is 2.42. The molecule has 180 valence electrons. The molecule has 4 rings (SSSR count). The number of aryl methyl sites for hydroxylation is 1. The van der Waals surface area contributed by atoms with Crippen molar-refractivity contribution in [1.82, 2.24) is 20.0 Å². The van der Waals surface area contributed by atoms with E-state index >= 15 is 0 Å². The molecule has 2 aliphatic rings. The zero-order chi connectivity index (χ0) is 24.1. The van der Waals surface area contributed by atoms with Crippen LogP contribution in [0.4, 0.5) is 13.2 Å². The second-order valence-electron chi connectivity index (χ2n) is 8.35. The van der Waals surface area contributed by atoms with Gasteiger partial charge < -0.3 is 15.2 Å². The van der Waals surface area contributed by atoms with Gasteiger partial charge in [0.1, 0.15) is 0 Å². The molecular weight excluding hydrogens is 441 g/mol. The molecule has 1 aromatic carbocycles. The Bertz CT molecular complexity index is 951. The summed E-state index contributed by atoms with van der Waals surface area (Å²) in [6.07, 6.45) is -0.290. The van der Waals surface area contributed by atoms with E-state index in [1.165, 1.54) is 11.1 Å². The summed E-state index contributed by atoms with van der Waals surface area (Å²) in [6.45, 7) is 4.36. The zero-order valence-corrected chi connectivity index (χ0v) is 18.2. The third kappa shape index (κ3) is 6.32. The maximum Gasteiger partial charge on any atom is 0.490 e. The van der Waals surface area contributed by atoms with Crippen LogP contribution in [0.15, 0.2) is 42.7 Å². The lowest BCUT2D eigenvalue weighted by atomic mass is 9.80. The molecule has 2 aromatic rings. The van der Waals surface area contributed by atoms with Crippen molar-refractivity contribution < 1.29 is 32.6 Å². The first-order chi connectivity index (χ1) is 15.6. The third-order valence-electron chi connectivity index (χ3n) is 5.85. The summed E-state index contributed by atoms with van der Waals surface area (Å²) in [6, 6.07) is 10.3. The van der Waals surface area contributed by atoms with E-state index < -0.39 is 17.6 Å². The van der Waals surface area contributed by atoms with Crippen molar-refractivity contribution in [3.05, 3.63) is 53.9 Å². The number of aromatic nitrogens is 2. The van der Waals surface area contributed by atoms with E-state index in [0.29, 0.717) is 19.8 Å². The molecule has 8 nitrogen and oxygen atoms in total. The van der Waals surface area contributed by atoms with Crippen LogP contribution in [0.25, 0.3) is 0 Å². The molecule has 0 radical (unpaired) electrons. The van der Waals surface area contributed by atoms with Gasteiger partial charge in [0.25, 0.3) is 0 Å². The average Bonchev–Trinajstić information content (AvgIpc) is 3.43. The number of rotatable bonds is 6. The van der Waals surface area contributed by atoms with Crippen LogP contribution in [0, 0.1) is 11.3 Å². The Kier molecular flexibility index (Phi) is 7.75. The Hall–Kier alpha value is -2.92. The van der Waals surface area contributed by atoms with Gasteiger partial charge in [-0.1, -0.05) is 30.3 Å². The largest absolute Gasteiger partial charge is 0.490 e. The molecular formula is C22H27F3N4O4. The molecule has 0 unspecified atom stereocenters. The quantitative estimate of drug-likeness (QED) is 0.672. The Labute approximate surface area is 189 Å². The number of carbonyl (C=O) groups is 2. The van der Waals surface area contributed by atoms with Gasteiger partial charge in [-0.2, -0.15) is 18.3 Å². The fraction of sp³-hybridized carbons (Fsp3) is 0.500. The van der Waals surface area contributed by atoms with Crippen LogP contribution in [0.5, 0.6) is 0 Å². The lowest BCUT2D eigenvalue weighted by molar-refractivity contribution is -0.192. The summed E-state index contributed by atoms with van der Waals surface area (Å²) in [7, 11) is 1.93. The molecule has 2 saturated heterocycles. The Morgan fingerprint density at radius 2 is 1.97 bits per heavy atom. The second kappa shape index (κ2) is 10.3. The molecule has 11 heteroatoms. The molecule has 2 aliphatic heterocycles. The normalized spacial score (nSPS) is 22.4. The van der Waals surface area contributed by atoms with Crippen molar-refractivity contribution in [3.8, 4) is 0 Å². The predicted octanol–water partition coefficient (Wildman–Crippen LogP) is 1.86. The number of carboxylic acids is 1. The van der Waals surface area contributed by atoms with Gasteiger partial charge in [-0.05, 0) is 12.0 Å². The van der Waals surface area contributed by atoms with Gasteiger partial charge in [-0.15, -0.1) is 0 Å². The van der Waals surface area contributed by atoms with E-state index in [2.05, 4.69) is 27.4 Å². The van der Waals surface area contributed by atoms with Crippen molar-refractivity contribution in [2.45, 2.75) is 19.1 Å². The summed E-state index contributed by atoms with van der Waals surface area (Å²) in [4.78, 5) is 24.3. The smallest absolute Gasteiger partial charge is 0.475 e. The van der Waals surface area contributed by atoms with Crippen LogP contribution >= 0.6 is 0 Å². The van der Waals surface area contributed by atoms with E-state index in [4.69, 9.17) is 14.6 Å². The SMILES string of the molecule is Cn1cc(CN2C[C@@H]3COC[C@]3(C(=O)NCCc3ccccc3)C2)cn1.O=C(O)C(F)(F)F. The van der Waals surface area contributed by atoms with Gasteiger partial charge in [0.15, 0.2) is 0 Å². The number of nitrogens with zero attached hydrogens (tertiary/aromatic N) is 3. The molecule has 33 heavy (non-hydrogen) atoms. The second-order valence-corrected chi connectivity index (χ2v) is 8.35. The van der Waals surface area contributed by atoms with Crippen molar-refractivity contribution in [2.75, 3.05) is 32.8 Å². The van der Waals surface area contributed by atoms with E-state index in [-0.39, 0.29) is 11.8 Å². The number of amides is 1. The fourth-order valence-electron chi connectivity index (χ4n) is 4.23. The number of ether oxygens (including phenoxy) is 1. The highest BCUT2D eigenvalue weighted by atomic mass is 19.4. The molecule has 0 spiro atoms. The van der Waals surface area contributed by atoms with Crippen LogP contribution in [-0.2, 0) is 34.3 Å². The summed E-state index contributed by atoms with van der Waals surface area (Å²) >= 11 is 0. The zero-order valence-electron chi connectivity index (χ0n) is 18.2. The first-order valence-electron chi connectivity index (χ1n) is 10.5.